The van der Waals surface area contributed by atoms with E-state index in [0.29, 0.717) is 0 Å². The molecule has 2 saturated heterocycles. The van der Waals surface area contributed by atoms with Gasteiger partial charge in [-0.1, -0.05) is 0 Å². The fraction of sp³-hybridized carbons (Fsp3) is 1.00. The predicted molar refractivity (Wildman–Crippen MR) is 32.8 cm³/mol. The molecule has 0 radical (unpaired) electrons. The molecule has 0 bridgehead atoms. The molecule has 0 amide bonds. The van der Waals surface area contributed by atoms with Crippen molar-refractivity contribution >= 4 is 0 Å². The molecule has 0 aliphatic carbocycles. The molecule has 0 saturated carbocycles. The fourth-order valence-corrected chi connectivity index (χ4v) is 1.69. The lowest BCUT2D eigenvalue weighted by Gasteiger charge is -2.10. The molecule has 2 nitrogen and oxygen atoms in total. The number of hydrogen-bond acceptors (Lipinski definition) is 2. The van der Waals surface area contributed by atoms with Gasteiger partial charge in [0.25, 0.3) is 0 Å². The van der Waals surface area contributed by atoms with Crippen molar-refractivity contribution in [3.8, 4) is 0 Å². The Kier molecular flexibility index (Phi) is 0.746. The quantitative estimate of drug-likeness (QED) is 0.394. The van der Waals surface area contributed by atoms with Crippen molar-refractivity contribution in [2.75, 3.05) is 27.2 Å². The molecule has 0 aromatic carbocycles. The molecule has 2 heterocycles. The molecular weight excluding hydrogens is 100 g/mol. The second kappa shape index (κ2) is 1.25. The lowest BCUT2D eigenvalue weighted by Crippen LogP contribution is -2.23. The summed E-state index contributed by atoms with van der Waals surface area (Å²) in [6.07, 6.45) is 0. The summed E-state index contributed by atoms with van der Waals surface area (Å²) in [5, 5.41) is 0. The van der Waals surface area contributed by atoms with Crippen LogP contribution in [0.4, 0.5) is 0 Å². The first-order valence-electron chi connectivity index (χ1n) is 3.19. The van der Waals surface area contributed by atoms with E-state index < -0.39 is 0 Å². The molecule has 46 valence electrons. The Balaban J connectivity index is 2.00. The van der Waals surface area contributed by atoms with Crippen LogP contribution in [0.5, 0.6) is 0 Å². The van der Waals surface area contributed by atoms with Crippen molar-refractivity contribution in [1.82, 2.24) is 9.80 Å². The van der Waals surface area contributed by atoms with E-state index in [1.807, 2.05) is 0 Å². The average molecular weight is 112 g/mol. The summed E-state index contributed by atoms with van der Waals surface area (Å²) < 4.78 is 0. The van der Waals surface area contributed by atoms with E-state index >= 15 is 0 Å². The molecule has 2 fully saturated rings. The van der Waals surface area contributed by atoms with Crippen molar-refractivity contribution < 1.29 is 0 Å². The van der Waals surface area contributed by atoms with Gasteiger partial charge in [0.15, 0.2) is 0 Å². The largest absolute Gasteiger partial charge is 0.303 e. The Morgan fingerprint density at radius 2 is 1.62 bits per heavy atom. The number of piperazine rings is 1. The summed E-state index contributed by atoms with van der Waals surface area (Å²) >= 11 is 0. The van der Waals surface area contributed by atoms with Gasteiger partial charge in [-0.2, -0.15) is 0 Å². The topological polar surface area (TPSA) is 6.25 Å². The molecule has 2 rings (SSSR count). The average Bonchev–Trinajstić information content (AvgIpc) is 2.29. The van der Waals surface area contributed by atoms with Crippen LogP contribution in [0.15, 0.2) is 0 Å². The SMILES string of the molecule is CN1CC2C(C1)N2C. The monoisotopic (exact) mass is 112 g/mol. The van der Waals surface area contributed by atoms with Gasteiger partial charge in [-0.15, -0.1) is 0 Å². The van der Waals surface area contributed by atoms with E-state index in [1.54, 1.807) is 0 Å². The molecule has 2 atom stereocenters. The Morgan fingerprint density at radius 1 is 1.12 bits per heavy atom. The molecule has 0 aromatic heterocycles. The number of nitrogens with zero attached hydrogens (tertiary/aromatic N) is 2. The van der Waals surface area contributed by atoms with Crippen LogP contribution < -0.4 is 0 Å². The lowest BCUT2D eigenvalue weighted by molar-refractivity contribution is 0.322. The van der Waals surface area contributed by atoms with Crippen LogP contribution >= 0.6 is 0 Å². The van der Waals surface area contributed by atoms with Crippen LogP contribution in [-0.4, -0.2) is 49.1 Å². The number of hydrogen-bond donors (Lipinski definition) is 0. The molecule has 0 aromatic rings. The molecule has 8 heavy (non-hydrogen) atoms. The molecule has 0 N–H and O–H groups in total. The zero-order valence-electron chi connectivity index (χ0n) is 5.46. The normalized spacial score (nSPS) is 54.0. The second-order valence-corrected chi connectivity index (χ2v) is 3.02. The number of rotatable bonds is 0. The Hall–Kier alpha value is -0.0800. The maximum atomic E-state index is 2.44. The predicted octanol–water partition coefficient (Wildman–Crippen LogP) is -0.386. The summed E-state index contributed by atoms with van der Waals surface area (Å²) in [7, 11) is 4.41. The van der Waals surface area contributed by atoms with E-state index in [-0.39, 0.29) is 0 Å². The molecule has 0 spiro atoms. The summed E-state index contributed by atoms with van der Waals surface area (Å²) in [5.41, 5.74) is 0. The maximum absolute atomic E-state index is 2.44. The van der Waals surface area contributed by atoms with Crippen LogP contribution in [0.2, 0.25) is 0 Å². The van der Waals surface area contributed by atoms with Gasteiger partial charge in [-0.3, -0.25) is 4.90 Å². The third-order valence-electron chi connectivity index (χ3n) is 2.40. The van der Waals surface area contributed by atoms with Gasteiger partial charge in [0.05, 0.1) is 0 Å². The highest BCUT2D eigenvalue weighted by atomic mass is 15.4. The first kappa shape index (κ1) is 4.77. The molecule has 2 unspecified atom stereocenters. The van der Waals surface area contributed by atoms with Crippen molar-refractivity contribution in [3.63, 3.8) is 0 Å². The minimum Gasteiger partial charge on any atom is -0.303 e. The van der Waals surface area contributed by atoms with Gasteiger partial charge in [-0.25, -0.2) is 0 Å². The minimum absolute atomic E-state index is 0.917. The van der Waals surface area contributed by atoms with E-state index in [2.05, 4.69) is 23.9 Å². The van der Waals surface area contributed by atoms with Gasteiger partial charge in [0, 0.05) is 25.2 Å². The second-order valence-electron chi connectivity index (χ2n) is 3.02. The number of likely N-dealkylation sites (tertiary alicyclic amines) is 1. The van der Waals surface area contributed by atoms with Crippen LogP contribution in [-0.2, 0) is 0 Å². The summed E-state index contributed by atoms with van der Waals surface area (Å²) in [6.45, 7) is 2.59. The smallest absolute Gasteiger partial charge is 0.0392 e. The fourth-order valence-electron chi connectivity index (χ4n) is 1.69. The van der Waals surface area contributed by atoms with E-state index in [1.165, 1.54) is 13.1 Å². The van der Waals surface area contributed by atoms with Crippen LogP contribution in [0.25, 0.3) is 0 Å². The highest BCUT2D eigenvalue weighted by molar-refractivity contribution is 5.07. The molecule has 2 heteroatoms. The molecular formula is C6H12N2. The third kappa shape index (κ3) is 0.446. The van der Waals surface area contributed by atoms with Gasteiger partial charge in [0.2, 0.25) is 0 Å². The highest BCUT2D eigenvalue weighted by Gasteiger charge is 2.49. The van der Waals surface area contributed by atoms with Gasteiger partial charge in [0.1, 0.15) is 0 Å². The molecule has 2 aliphatic rings. The van der Waals surface area contributed by atoms with Gasteiger partial charge < -0.3 is 4.90 Å². The summed E-state index contributed by atoms with van der Waals surface area (Å²) in [4.78, 5) is 4.84. The highest BCUT2D eigenvalue weighted by Crippen LogP contribution is 2.31. The Bertz CT molecular complexity index is 101. The van der Waals surface area contributed by atoms with Crippen LogP contribution in [0, 0.1) is 0 Å². The summed E-state index contributed by atoms with van der Waals surface area (Å²) in [5.74, 6) is 0. The lowest BCUT2D eigenvalue weighted by atomic mass is 10.4. The summed E-state index contributed by atoms with van der Waals surface area (Å²) in [6, 6.07) is 1.83. The van der Waals surface area contributed by atoms with Gasteiger partial charge >= 0.3 is 0 Å². The standard InChI is InChI=1S/C6H12N2/c1-7-3-5-6(4-7)8(5)2/h5-6H,3-4H2,1-2H3. The first-order chi connectivity index (χ1) is 3.79. The number of likely N-dealkylation sites (N-methyl/N-ethyl adjacent to an activating group) is 2. The number of fused-ring (bicyclic) bond motifs is 1. The van der Waals surface area contributed by atoms with E-state index in [9.17, 15) is 0 Å². The van der Waals surface area contributed by atoms with Crippen molar-refractivity contribution in [2.24, 2.45) is 0 Å². The molecule has 2 aliphatic heterocycles. The first-order valence-corrected chi connectivity index (χ1v) is 3.19. The maximum Gasteiger partial charge on any atom is 0.0392 e. The van der Waals surface area contributed by atoms with Crippen LogP contribution in [0.3, 0.4) is 0 Å². The van der Waals surface area contributed by atoms with Crippen LogP contribution in [0.1, 0.15) is 0 Å². The Labute approximate surface area is 50.1 Å². The van der Waals surface area contributed by atoms with Crippen molar-refractivity contribution in [1.29, 1.82) is 0 Å². The van der Waals surface area contributed by atoms with E-state index in [4.69, 9.17) is 0 Å². The van der Waals surface area contributed by atoms with Crippen molar-refractivity contribution in [2.45, 2.75) is 12.1 Å². The Morgan fingerprint density at radius 3 is 2.00 bits per heavy atom. The zero-order chi connectivity index (χ0) is 5.72. The third-order valence-corrected chi connectivity index (χ3v) is 2.40. The van der Waals surface area contributed by atoms with E-state index in [0.717, 1.165) is 12.1 Å². The van der Waals surface area contributed by atoms with Crippen molar-refractivity contribution in [3.05, 3.63) is 0 Å². The zero-order valence-corrected chi connectivity index (χ0v) is 5.46. The minimum atomic E-state index is 0.917. The van der Waals surface area contributed by atoms with Gasteiger partial charge in [-0.05, 0) is 14.1 Å².